The van der Waals surface area contributed by atoms with E-state index in [1.165, 1.54) is 16.9 Å². The van der Waals surface area contributed by atoms with Gasteiger partial charge in [-0.05, 0) is 123 Å². The molecule has 6 nitrogen and oxygen atoms in total. The van der Waals surface area contributed by atoms with Gasteiger partial charge < -0.3 is 20.4 Å². The average Bonchev–Trinajstić information content (AvgIpc) is 3.70. The van der Waals surface area contributed by atoms with Crippen LogP contribution in [0.15, 0.2) is 115 Å². The summed E-state index contributed by atoms with van der Waals surface area (Å²) >= 11 is 1.50. The van der Waals surface area contributed by atoms with Gasteiger partial charge in [0.1, 0.15) is 0 Å². The Balaban J connectivity index is 1.31. The van der Waals surface area contributed by atoms with Gasteiger partial charge in [-0.15, -0.1) is 11.3 Å². The summed E-state index contributed by atoms with van der Waals surface area (Å²) in [5.41, 5.74) is 3.50. The Hall–Kier alpha value is -4.56. The van der Waals surface area contributed by atoms with Gasteiger partial charge in [0.25, 0.3) is 0 Å². The molecule has 3 aliphatic rings. The van der Waals surface area contributed by atoms with E-state index in [9.17, 15) is 19.8 Å². The maximum Gasteiger partial charge on any atom is 0.322 e. The quantitative estimate of drug-likeness (QED) is 0.115. The molecule has 4 aromatic carbocycles. The molecule has 0 aliphatic heterocycles. The lowest BCUT2D eigenvalue weighted by Crippen LogP contribution is -2.54. The first kappa shape index (κ1) is 36.8. The predicted octanol–water partition coefficient (Wildman–Crippen LogP) is 10.2. The lowest BCUT2D eigenvalue weighted by atomic mass is 9.64. The maximum atomic E-state index is 14.4. The first-order chi connectivity index (χ1) is 25.5. The molecule has 2 bridgehead atoms. The molecule has 1 aromatic heterocycles. The smallest absolute Gasteiger partial charge is 0.322 e. The number of benzene rings is 4. The molecule has 1 saturated carbocycles. The second-order valence-electron chi connectivity index (χ2n) is 15.5. The van der Waals surface area contributed by atoms with Crippen molar-refractivity contribution in [1.82, 2.24) is 4.90 Å². The summed E-state index contributed by atoms with van der Waals surface area (Å²) in [6.07, 6.45) is 6.20. The fourth-order valence-electron chi connectivity index (χ4n) is 8.76. The van der Waals surface area contributed by atoms with E-state index in [1.54, 1.807) is 4.90 Å². The zero-order chi connectivity index (χ0) is 37.2. The van der Waals surface area contributed by atoms with Gasteiger partial charge >= 0.3 is 6.03 Å². The highest BCUT2D eigenvalue weighted by Crippen LogP contribution is 2.59. The van der Waals surface area contributed by atoms with Gasteiger partial charge in [0.2, 0.25) is 5.78 Å². The number of carbonyl (C=O) groups excluding carboxylic acids is 2. The van der Waals surface area contributed by atoms with Crippen molar-refractivity contribution in [3.63, 3.8) is 0 Å². The molecule has 8 rings (SSSR count). The molecule has 5 aromatic rings. The van der Waals surface area contributed by atoms with Crippen molar-refractivity contribution in [1.29, 1.82) is 0 Å². The van der Waals surface area contributed by atoms with Crippen LogP contribution in [0.3, 0.4) is 0 Å². The number of aliphatic hydroxyl groups is 2. The van der Waals surface area contributed by atoms with Crippen molar-refractivity contribution in [3.05, 3.63) is 147 Å². The van der Waals surface area contributed by atoms with Crippen molar-refractivity contribution in [2.45, 2.75) is 89.9 Å². The van der Waals surface area contributed by atoms with Crippen LogP contribution in [0.5, 0.6) is 0 Å². The van der Waals surface area contributed by atoms with E-state index < -0.39 is 17.1 Å². The molecule has 0 saturated heterocycles. The van der Waals surface area contributed by atoms with Crippen molar-refractivity contribution in [3.8, 4) is 0 Å². The predicted molar refractivity (Wildman–Crippen MR) is 216 cm³/mol. The molecular formula is C46H50N2O4S. The molecule has 53 heavy (non-hydrogen) atoms. The van der Waals surface area contributed by atoms with Gasteiger partial charge in [0.05, 0.1) is 23.1 Å². The molecular weight excluding hydrogens is 677 g/mol. The number of aliphatic hydroxyl groups excluding tert-OH is 1. The molecule has 1 fully saturated rings. The summed E-state index contributed by atoms with van der Waals surface area (Å²) in [4.78, 5) is 32.2. The lowest BCUT2D eigenvalue weighted by molar-refractivity contribution is -0.0773. The van der Waals surface area contributed by atoms with Crippen LogP contribution in [0.25, 0.3) is 10.8 Å². The van der Waals surface area contributed by atoms with Gasteiger partial charge in [-0.25, -0.2) is 4.79 Å². The number of anilines is 1. The highest BCUT2D eigenvalue weighted by molar-refractivity contribution is 7.14. The SMILES string of the molecule is CC1=CCCC2(C)C(CCC2(O)CN(Cc2cccc3ccccc23)C(=O)Nc2ccccc2)c2ccc(cc2C(=O)c2ccc(C)s2)CC(O)CC1. The van der Waals surface area contributed by atoms with Gasteiger partial charge in [-0.3, -0.25) is 4.79 Å². The van der Waals surface area contributed by atoms with E-state index in [0.29, 0.717) is 54.8 Å². The summed E-state index contributed by atoms with van der Waals surface area (Å²) in [6, 6.07) is 33.6. The van der Waals surface area contributed by atoms with Crippen LogP contribution < -0.4 is 5.32 Å². The third kappa shape index (κ3) is 7.75. The van der Waals surface area contributed by atoms with E-state index in [-0.39, 0.29) is 24.3 Å². The number of thiophene rings is 1. The first-order valence-electron chi connectivity index (χ1n) is 18.9. The highest BCUT2D eigenvalue weighted by Gasteiger charge is 2.57. The fraction of sp³-hybridized carbons (Fsp3) is 0.348. The molecule has 1 heterocycles. The monoisotopic (exact) mass is 726 g/mol. The largest absolute Gasteiger partial charge is 0.393 e. The Labute approximate surface area is 317 Å². The molecule has 2 amide bonds. The van der Waals surface area contributed by atoms with Crippen molar-refractivity contribution in [2.24, 2.45) is 5.41 Å². The standard InChI is InChI=1S/C46H50N2O4S/c1-31-11-10-25-45(3)41(39-22-20-33(27-37(49)21-18-31)28-40(39)43(50)42-23-19-32(2)53-42)24-26-46(45,52)30-48(44(51)47-36-15-5-4-6-16-36)29-35-14-9-13-34-12-7-8-17-38(34)35/h4-9,11-17,19-20,22-23,28,37,41,49,52H,10,18,21,24-27,29-30H2,1-3H3,(H,47,51). The number of amides is 2. The normalized spacial score (nSPS) is 23.2. The number of rotatable bonds is 7. The topological polar surface area (TPSA) is 89.9 Å². The van der Waals surface area contributed by atoms with Crippen LogP contribution in [0, 0.1) is 12.3 Å². The summed E-state index contributed by atoms with van der Waals surface area (Å²) in [6.45, 7) is 6.75. The minimum absolute atomic E-state index is 0.0186. The third-order valence-corrected chi connectivity index (χ3v) is 12.9. The van der Waals surface area contributed by atoms with Gasteiger partial charge in [0, 0.05) is 28.1 Å². The van der Waals surface area contributed by atoms with E-state index in [2.05, 4.69) is 61.6 Å². The number of para-hydroxylation sites is 1. The molecule has 4 unspecified atom stereocenters. The first-order valence-corrected chi connectivity index (χ1v) is 19.7. The number of nitrogens with zero attached hydrogens (tertiary/aromatic N) is 1. The molecule has 3 N–H and O–H groups in total. The number of allylic oxidation sites excluding steroid dienone is 2. The number of nitrogens with one attached hydrogen (secondary N) is 1. The van der Waals surface area contributed by atoms with E-state index in [1.807, 2.05) is 73.7 Å². The zero-order valence-electron chi connectivity index (χ0n) is 31.0. The van der Waals surface area contributed by atoms with Crippen LogP contribution in [-0.2, 0) is 13.0 Å². The highest BCUT2D eigenvalue weighted by atomic mass is 32.1. The Bertz CT molecular complexity index is 2130. The van der Waals surface area contributed by atoms with Crippen molar-refractivity contribution >= 4 is 39.6 Å². The minimum Gasteiger partial charge on any atom is -0.393 e. The average molecular weight is 727 g/mol. The number of fused-ring (bicyclic) bond motifs is 9. The Kier molecular flexibility index (Phi) is 10.7. The zero-order valence-corrected chi connectivity index (χ0v) is 31.8. The van der Waals surface area contributed by atoms with E-state index >= 15 is 0 Å². The number of aryl methyl sites for hydroxylation is 1. The third-order valence-electron chi connectivity index (χ3n) is 11.9. The van der Waals surface area contributed by atoms with Gasteiger partial charge in [-0.2, -0.15) is 0 Å². The lowest BCUT2D eigenvalue weighted by Gasteiger charge is -2.46. The van der Waals surface area contributed by atoms with Crippen LogP contribution >= 0.6 is 11.3 Å². The van der Waals surface area contributed by atoms with Crippen molar-refractivity contribution < 1.29 is 19.8 Å². The molecule has 0 radical (unpaired) electrons. The van der Waals surface area contributed by atoms with Crippen LogP contribution in [0.2, 0.25) is 0 Å². The van der Waals surface area contributed by atoms with E-state index in [0.717, 1.165) is 45.2 Å². The second-order valence-corrected chi connectivity index (χ2v) is 16.8. The fourth-order valence-corrected chi connectivity index (χ4v) is 9.58. The summed E-state index contributed by atoms with van der Waals surface area (Å²) < 4.78 is 0. The van der Waals surface area contributed by atoms with E-state index in [4.69, 9.17) is 0 Å². The molecule has 7 heteroatoms. The summed E-state index contributed by atoms with van der Waals surface area (Å²) in [7, 11) is 0. The Morgan fingerprint density at radius 2 is 1.68 bits per heavy atom. The maximum absolute atomic E-state index is 14.4. The number of urea groups is 1. The number of hydrogen-bond donors (Lipinski definition) is 3. The minimum atomic E-state index is -1.26. The molecule has 274 valence electrons. The molecule has 0 spiro atoms. The molecule has 3 aliphatic carbocycles. The summed E-state index contributed by atoms with van der Waals surface area (Å²) in [5, 5.41) is 29.4. The van der Waals surface area contributed by atoms with Gasteiger partial charge in [0.15, 0.2) is 0 Å². The number of ketones is 1. The van der Waals surface area contributed by atoms with Crippen LogP contribution in [-0.4, -0.2) is 45.2 Å². The van der Waals surface area contributed by atoms with Crippen LogP contribution in [0.1, 0.15) is 95.1 Å². The Morgan fingerprint density at radius 3 is 2.47 bits per heavy atom. The molecule has 4 atom stereocenters. The Morgan fingerprint density at radius 1 is 0.906 bits per heavy atom. The van der Waals surface area contributed by atoms with Gasteiger partial charge in [-0.1, -0.05) is 91.4 Å². The number of carbonyl (C=O) groups is 2. The summed E-state index contributed by atoms with van der Waals surface area (Å²) in [5.74, 6) is -0.158. The van der Waals surface area contributed by atoms with Crippen LogP contribution in [0.4, 0.5) is 10.5 Å². The second kappa shape index (κ2) is 15.4. The number of hydrogen-bond acceptors (Lipinski definition) is 5. The van der Waals surface area contributed by atoms with Crippen molar-refractivity contribution in [2.75, 3.05) is 11.9 Å².